The Balaban J connectivity index is 2.45. The van der Waals surface area contributed by atoms with Gasteiger partial charge in [0, 0.05) is 11.6 Å². The van der Waals surface area contributed by atoms with Crippen LogP contribution < -0.4 is 9.47 Å². The quantitative estimate of drug-likeness (QED) is 0.793. The topological polar surface area (TPSA) is 61.3 Å². The molecule has 2 aromatic rings. The number of aromatic nitrogens is 2. The van der Waals surface area contributed by atoms with Crippen molar-refractivity contribution in [3.63, 3.8) is 0 Å². The Morgan fingerprint density at radius 1 is 1.15 bits per heavy atom. The summed E-state index contributed by atoms with van der Waals surface area (Å²) in [6.07, 6.45) is 0. The first-order valence-corrected chi connectivity index (χ1v) is 6.94. The minimum Gasteiger partial charge on any atom is -0.497 e. The van der Waals surface area contributed by atoms with Gasteiger partial charge in [0.15, 0.2) is 0 Å². The van der Waals surface area contributed by atoms with E-state index in [2.05, 4.69) is 9.59 Å². The van der Waals surface area contributed by atoms with Gasteiger partial charge >= 0.3 is 0 Å². The summed E-state index contributed by atoms with van der Waals surface area (Å²) in [5.74, 6) is 1.20. The zero-order valence-electron chi connectivity index (χ0n) is 11.8. The van der Waals surface area contributed by atoms with Gasteiger partial charge in [0.2, 0.25) is 5.78 Å². The van der Waals surface area contributed by atoms with Crippen LogP contribution in [0.5, 0.6) is 11.5 Å². The van der Waals surface area contributed by atoms with Crippen molar-refractivity contribution in [2.24, 2.45) is 0 Å². The van der Waals surface area contributed by atoms with Crippen molar-refractivity contribution < 1.29 is 14.3 Å². The fraction of sp³-hybridized carbons (Fsp3) is 0.357. The van der Waals surface area contributed by atoms with E-state index in [1.807, 2.05) is 13.8 Å². The van der Waals surface area contributed by atoms with Crippen molar-refractivity contribution >= 4 is 17.3 Å². The van der Waals surface area contributed by atoms with Gasteiger partial charge in [-0.15, -0.1) is 5.10 Å². The van der Waals surface area contributed by atoms with Gasteiger partial charge in [0.25, 0.3) is 0 Å². The average molecular weight is 292 g/mol. The van der Waals surface area contributed by atoms with Gasteiger partial charge in [-0.3, -0.25) is 4.79 Å². The number of nitrogens with zero attached hydrogens (tertiary/aromatic N) is 2. The zero-order chi connectivity index (χ0) is 14.7. The van der Waals surface area contributed by atoms with E-state index in [0.29, 0.717) is 21.9 Å². The second kappa shape index (κ2) is 6.00. The lowest BCUT2D eigenvalue weighted by Gasteiger charge is -2.08. The number of carbonyl (C=O) groups is 1. The Kier molecular flexibility index (Phi) is 4.34. The number of carbonyl (C=O) groups excluding carboxylic acids is 1. The molecule has 0 spiro atoms. The van der Waals surface area contributed by atoms with Crippen molar-refractivity contribution in [3.05, 3.63) is 34.3 Å². The molecule has 0 aliphatic heterocycles. The zero-order valence-corrected chi connectivity index (χ0v) is 12.7. The van der Waals surface area contributed by atoms with Gasteiger partial charge < -0.3 is 9.47 Å². The Labute approximate surface area is 121 Å². The highest BCUT2D eigenvalue weighted by Gasteiger charge is 2.21. The number of ether oxygens (including phenoxy) is 2. The monoisotopic (exact) mass is 292 g/mol. The van der Waals surface area contributed by atoms with Crippen LogP contribution in [-0.4, -0.2) is 29.6 Å². The van der Waals surface area contributed by atoms with E-state index in [9.17, 15) is 4.79 Å². The van der Waals surface area contributed by atoms with Crippen LogP contribution in [0.4, 0.5) is 0 Å². The standard InChI is InChI=1S/C14H16N2O3S/c1-8(2)12-14(20-16-15-12)13(17)9-5-10(18-3)7-11(6-9)19-4/h5-8H,1-4H3. The van der Waals surface area contributed by atoms with Crippen LogP contribution in [0.25, 0.3) is 0 Å². The minimum atomic E-state index is -0.110. The van der Waals surface area contributed by atoms with Crippen LogP contribution in [0, 0.1) is 0 Å². The molecule has 0 radical (unpaired) electrons. The number of ketones is 1. The number of hydrogen-bond donors (Lipinski definition) is 0. The number of hydrogen-bond acceptors (Lipinski definition) is 6. The largest absolute Gasteiger partial charge is 0.497 e. The van der Waals surface area contributed by atoms with E-state index in [-0.39, 0.29) is 11.7 Å². The molecule has 0 bridgehead atoms. The molecule has 0 fully saturated rings. The van der Waals surface area contributed by atoms with Gasteiger partial charge in [-0.25, -0.2) is 0 Å². The number of benzene rings is 1. The molecule has 1 heterocycles. The van der Waals surface area contributed by atoms with Gasteiger partial charge in [0.1, 0.15) is 16.4 Å². The summed E-state index contributed by atoms with van der Waals surface area (Å²) < 4.78 is 14.2. The molecule has 106 valence electrons. The van der Waals surface area contributed by atoms with Crippen molar-refractivity contribution in [2.45, 2.75) is 19.8 Å². The van der Waals surface area contributed by atoms with Crippen LogP contribution in [-0.2, 0) is 0 Å². The predicted molar refractivity (Wildman–Crippen MR) is 77.0 cm³/mol. The molecule has 0 saturated carbocycles. The molecule has 0 aliphatic carbocycles. The molecule has 0 aliphatic rings. The fourth-order valence-electron chi connectivity index (χ4n) is 1.80. The van der Waals surface area contributed by atoms with E-state index in [1.54, 1.807) is 32.4 Å². The molecule has 5 nitrogen and oxygen atoms in total. The molecule has 0 amide bonds. The Morgan fingerprint density at radius 2 is 1.75 bits per heavy atom. The average Bonchev–Trinajstić information content (AvgIpc) is 2.95. The van der Waals surface area contributed by atoms with E-state index in [0.717, 1.165) is 17.2 Å². The third-order valence-electron chi connectivity index (χ3n) is 2.88. The van der Waals surface area contributed by atoms with Gasteiger partial charge in [-0.05, 0) is 29.6 Å². The molecule has 6 heteroatoms. The van der Waals surface area contributed by atoms with Crippen molar-refractivity contribution in [2.75, 3.05) is 14.2 Å². The Bertz CT molecular complexity index is 600. The van der Waals surface area contributed by atoms with Crippen LogP contribution >= 0.6 is 11.5 Å². The lowest BCUT2D eigenvalue weighted by atomic mass is 10.0. The fourth-order valence-corrected chi connectivity index (χ4v) is 2.58. The van der Waals surface area contributed by atoms with E-state index in [1.165, 1.54) is 0 Å². The second-order valence-corrected chi connectivity index (χ2v) is 5.33. The van der Waals surface area contributed by atoms with Crippen molar-refractivity contribution in [1.29, 1.82) is 0 Å². The summed E-state index contributed by atoms with van der Waals surface area (Å²) in [7, 11) is 3.10. The molecule has 2 rings (SSSR count). The first-order valence-electron chi connectivity index (χ1n) is 6.16. The van der Waals surface area contributed by atoms with E-state index >= 15 is 0 Å². The maximum Gasteiger partial charge on any atom is 0.206 e. The van der Waals surface area contributed by atoms with Gasteiger partial charge in [-0.2, -0.15) is 0 Å². The molecule has 0 unspecified atom stereocenters. The third kappa shape index (κ3) is 2.80. The van der Waals surface area contributed by atoms with Crippen LogP contribution in [0.1, 0.15) is 40.7 Å². The highest BCUT2D eigenvalue weighted by molar-refractivity contribution is 7.08. The third-order valence-corrected chi connectivity index (χ3v) is 3.62. The lowest BCUT2D eigenvalue weighted by Crippen LogP contribution is -2.05. The predicted octanol–water partition coefficient (Wildman–Crippen LogP) is 2.91. The van der Waals surface area contributed by atoms with E-state index < -0.39 is 0 Å². The summed E-state index contributed by atoms with van der Waals surface area (Å²) >= 11 is 1.12. The summed E-state index contributed by atoms with van der Waals surface area (Å²) in [4.78, 5) is 13.2. The minimum absolute atomic E-state index is 0.110. The van der Waals surface area contributed by atoms with Crippen molar-refractivity contribution in [3.8, 4) is 11.5 Å². The highest BCUT2D eigenvalue weighted by Crippen LogP contribution is 2.27. The summed E-state index contributed by atoms with van der Waals surface area (Å²) in [6, 6.07) is 5.11. The van der Waals surface area contributed by atoms with Crippen LogP contribution in [0.15, 0.2) is 18.2 Å². The van der Waals surface area contributed by atoms with E-state index in [4.69, 9.17) is 9.47 Å². The molecule has 0 N–H and O–H groups in total. The molecule has 0 saturated heterocycles. The molecule has 1 aromatic heterocycles. The van der Waals surface area contributed by atoms with Gasteiger partial charge in [0.05, 0.1) is 19.9 Å². The molecular formula is C14H16N2O3S. The maximum atomic E-state index is 12.6. The first-order chi connectivity index (χ1) is 9.56. The number of methoxy groups -OCH3 is 2. The highest BCUT2D eigenvalue weighted by atomic mass is 32.1. The number of rotatable bonds is 5. The van der Waals surface area contributed by atoms with Gasteiger partial charge in [-0.1, -0.05) is 18.3 Å². The van der Waals surface area contributed by atoms with Crippen LogP contribution in [0.2, 0.25) is 0 Å². The van der Waals surface area contributed by atoms with Crippen LogP contribution in [0.3, 0.4) is 0 Å². The smallest absolute Gasteiger partial charge is 0.206 e. The molecule has 0 atom stereocenters. The Morgan fingerprint density at radius 3 is 2.25 bits per heavy atom. The maximum absolute atomic E-state index is 12.6. The molecular weight excluding hydrogens is 276 g/mol. The summed E-state index contributed by atoms with van der Waals surface area (Å²) in [6.45, 7) is 3.97. The lowest BCUT2D eigenvalue weighted by molar-refractivity contribution is 0.104. The molecule has 20 heavy (non-hydrogen) atoms. The normalized spacial score (nSPS) is 10.7. The second-order valence-electron chi connectivity index (χ2n) is 4.57. The first kappa shape index (κ1) is 14.5. The summed E-state index contributed by atoms with van der Waals surface area (Å²) in [5, 5.41) is 4.03. The summed E-state index contributed by atoms with van der Waals surface area (Å²) in [5.41, 5.74) is 1.23. The Hall–Kier alpha value is -1.95. The van der Waals surface area contributed by atoms with Crippen molar-refractivity contribution in [1.82, 2.24) is 9.59 Å². The SMILES string of the molecule is COc1cc(OC)cc(C(=O)c2snnc2C(C)C)c1. The molecule has 1 aromatic carbocycles.